The van der Waals surface area contributed by atoms with Crippen LogP contribution in [0.15, 0.2) is 47.4 Å². The normalized spacial score (nSPS) is 14.6. The zero-order chi connectivity index (χ0) is 19.0. The molecule has 0 saturated heterocycles. The number of hydrogen-bond donors (Lipinski definition) is 0. The lowest BCUT2D eigenvalue weighted by Crippen LogP contribution is -2.06. The van der Waals surface area contributed by atoms with Gasteiger partial charge in [-0.3, -0.25) is 0 Å². The van der Waals surface area contributed by atoms with E-state index >= 15 is 0 Å². The highest BCUT2D eigenvalue weighted by molar-refractivity contribution is 8.13. The molecule has 7 heteroatoms. The van der Waals surface area contributed by atoms with Gasteiger partial charge in [-0.2, -0.15) is 0 Å². The van der Waals surface area contributed by atoms with Crippen LogP contribution in [0, 0.1) is 5.92 Å². The van der Waals surface area contributed by atoms with Crippen molar-refractivity contribution in [1.29, 1.82) is 0 Å². The van der Waals surface area contributed by atoms with Gasteiger partial charge in [0.2, 0.25) is 0 Å². The Balaban J connectivity index is 1.71. The maximum absolute atomic E-state index is 11.7. The minimum absolute atomic E-state index is 0.0837. The zero-order valence-corrected chi connectivity index (χ0v) is 16.6. The molecule has 1 aromatic heterocycles. The van der Waals surface area contributed by atoms with Crippen molar-refractivity contribution in [2.45, 2.75) is 37.6 Å². The number of benzene rings is 2. The molecule has 3 aromatic rings. The van der Waals surface area contributed by atoms with Crippen molar-refractivity contribution >= 4 is 30.8 Å². The van der Waals surface area contributed by atoms with Gasteiger partial charge in [0.05, 0.1) is 22.5 Å². The van der Waals surface area contributed by atoms with Gasteiger partial charge >= 0.3 is 0 Å². The first-order valence-corrected chi connectivity index (χ1v) is 11.4. The van der Waals surface area contributed by atoms with Crippen LogP contribution in [-0.4, -0.2) is 24.6 Å². The summed E-state index contributed by atoms with van der Waals surface area (Å²) in [5.41, 5.74) is 2.75. The molecule has 0 unspecified atom stereocenters. The Morgan fingerprint density at radius 2 is 1.93 bits per heavy atom. The molecule has 27 heavy (non-hydrogen) atoms. The Kier molecular flexibility index (Phi) is 4.86. The monoisotopic (exact) mass is 404 g/mol. The van der Waals surface area contributed by atoms with Crippen molar-refractivity contribution in [3.05, 3.63) is 53.9 Å². The largest absolute Gasteiger partial charge is 0.494 e. The Hall–Kier alpha value is -2.05. The summed E-state index contributed by atoms with van der Waals surface area (Å²) < 4.78 is 31.0. The molecular weight excluding hydrogens is 384 g/mol. The standard InChI is InChI=1S/C20H21ClN2O3S/c1-2-26-16-7-5-14(6-8-16)11-20-22-18-12-17(27(21,24)25)9-10-19(18)23(20)13-15-3-4-15/h5-10,12,15H,2-4,11,13H2,1H3. The SMILES string of the molecule is CCOc1ccc(Cc2nc3cc(S(=O)(=O)Cl)ccc3n2CC2CC2)cc1. The van der Waals surface area contributed by atoms with E-state index in [4.69, 9.17) is 20.4 Å². The van der Waals surface area contributed by atoms with Crippen molar-refractivity contribution in [3.63, 3.8) is 0 Å². The second kappa shape index (κ2) is 7.17. The number of nitrogens with zero attached hydrogens (tertiary/aromatic N) is 2. The van der Waals surface area contributed by atoms with Crippen LogP contribution in [0.1, 0.15) is 31.2 Å². The molecule has 5 nitrogen and oxygen atoms in total. The van der Waals surface area contributed by atoms with Crippen molar-refractivity contribution in [2.75, 3.05) is 6.61 Å². The van der Waals surface area contributed by atoms with Gasteiger partial charge in [0.25, 0.3) is 9.05 Å². The molecule has 0 amide bonds. The van der Waals surface area contributed by atoms with Gasteiger partial charge in [0, 0.05) is 23.6 Å². The number of aromatic nitrogens is 2. The Labute approximate surface area is 163 Å². The van der Waals surface area contributed by atoms with Crippen LogP contribution in [0.2, 0.25) is 0 Å². The minimum Gasteiger partial charge on any atom is -0.494 e. The summed E-state index contributed by atoms with van der Waals surface area (Å²) in [5, 5.41) is 0. The Morgan fingerprint density at radius 3 is 2.56 bits per heavy atom. The highest BCUT2D eigenvalue weighted by Gasteiger charge is 2.25. The third kappa shape index (κ3) is 4.12. The number of ether oxygens (including phenoxy) is 1. The molecule has 4 rings (SSSR count). The quantitative estimate of drug-likeness (QED) is 0.549. The number of hydrogen-bond acceptors (Lipinski definition) is 4. The van der Waals surface area contributed by atoms with Crippen molar-refractivity contribution < 1.29 is 13.2 Å². The van der Waals surface area contributed by atoms with Crippen LogP contribution in [0.25, 0.3) is 11.0 Å². The fourth-order valence-corrected chi connectivity index (χ4v) is 4.03. The minimum atomic E-state index is -3.77. The van der Waals surface area contributed by atoms with E-state index in [0.717, 1.165) is 29.2 Å². The molecule has 1 aliphatic rings. The lowest BCUT2D eigenvalue weighted by atomic mass is 10.1. The number of rotatable bonds is 7. The number of imidazole rings is 1. The molecule has 1 heterocycles. The smallest absolute Gasteiger partial charge is 0.261 e. The Bertz CT molecular complexity index is 1070. The lowest BCUT2D eigenvalue weighted by Gasteiger charge is -2.09. The van der Waals surface area contributed by atoms with Crippen LogP contribution < -0.4 is 4.74 Å². The van der Waals surface area contributed by atoms with Crippen LogP contribution in [0.4, 0.5) is 0 Å². The predicted molar refractivity (Wildman–Crippen MR) is 106 cm³/mol. The lowest BCUT2D eigenvalue weighted by molar-refractivity contribution is 0.340. The average molecular weight is 405 g/mol. The molecule has 0 radical (unpaired) electrons. The summed E-state index contributed by atoms with van der Waals surface area (Å²) in [6, 6.07) is 12.9. The molecular formula is C20H21ClN2O3S. The van der Waals surface area contributed by atoms with E-state index in [1.807, 2.05) is 37.3 Å². The number of fused-ring (bicyclic) bond motifs is 1. The van der Waals surface area contributed by atoms with Crippen LogP contribution in [-0.2, 0) is 22.0 Å². The van der Waals surface area contributed by atoms with Gasteiger partial charge in [-0.15, -0.1) is 0 Å². The molecule has 0 N–H and O–H groups in total. The highest BCUT2D eigenvalue weighted by atomic mass is 35.7. The van der Waals surface area contributed by atoms with E-state index in [2.05, 4.69) is 4.57 Å². The summed E-state index contributed by atoms with van der Waals surface area (Å²) >= 11 is 0. The van der Waals surface area contributed by atoms with E-state index in [-0.39, 0.29) is 4.90 Å². The second-order valence-corrected chi connectivity index (χ2v) is 9.49. The molecule has 0 atom stereocenters. The van der Waals surface area contributed by atoms with Gasteiger partial charge in [0.1, 0.15) is 11.6 Å². The molecule has 0 bridgehead atoms. The van der Waals surface area contributed by atoms with Gasteiger partial charge in [0.15, 0.2) is 0 Å². The van der Waals surface area contributed by atoms with E-state index < -0.39 is 9.05 Å². The maximum atomic E-state index is 11.7. The first kappa shape index (κ1) is 18.3. The van der Waals surface area contributed by atoms with E-state index in [1.165, 1.54) is 12.8 Å². The van der Waals surface area contributed by atoms with E-state index in [9.17, 15) is 8.42 Å². The van der Waals surface area contributed by atoms with Gasteiger partial charge in [-0.1, -0.05) is 12.1 Å². The molecule has 2 aromatic carbocycles. The van der Waals surface area contributed by atoms with Crippen LogP contribution in [0.3, 0.4) is 0 Å². The first-order valence-electron chi connectivity index (χ1n) is 9.09. The fourth-order valence-electron chi connectivity index (χ4n) is 3.26. The van der Waals surface area contributed by atoms with Crippen molar-refractivity contribution in [1.82, 2.24) is 9.55 Å². The Morgan fingerprint density at radius 1 is 1.19 bits per heavy atom. The summed E-state index contributed by atoms with van der Waals surface area (Å²) in [6.07, 6.45) is 3.14. The summed E-state index contributed by atoms with van der Waals surface area (Å²) in [4.78, 5) is 4.81. The topological polar surface area (TPSA) is 61.2 Å². The van der Waals surface area contributed by atoms with Crippen LogP contribution >= 0.6 is 10.7 Å². The first-order chi connectivity index (χ1) is 12.9. The van der Waals surface area contributed by atoms with Gasteiger partial charge < -0.3 is 9.30 Å². The average Bonchev–Trinajstić information content (AvgIpc) is 3.38. The van der Waals surface area contributed by atoms with Gasteiger partial charge in [-0.25, -0.2) is 13.4 Å². The third-order valence-corrected chi connectivity index (χ3v) is 6.17. The summed E-state index contributed by atoms with van der Waals surface area (Å²) in [7, 11) is 1.73. The van der Waals surface area contributed by atoms with Gasteiger partial charge in [-0.05, 0) is 61.6 Å². The second-order valence-electron chi connectivity index (χ2n) is 6.92. The molecule has 1 aliphatic carbocycles. The molecule has 142 valence electrons. The van der Waals surface area contributed by atoms with E-state index in [0.29, 0.717) is 24.5 Å². The fraction of sp³-hybridized carbons (Fsp3) is 0.350. The molecule has 1 fully saturated rings. The predicted octanol–water partition coefficient (Wildman–Crippen LogP) is 4.36. The summed E-state index contributed by atoms with van der Waals surface area (Å²) in [5.74, 6) is 2.47. The molecule has 0 aliphatic heterocycles. The van der Waals surface area contributed by atoms with Crippen molar-refractivity contribution in [3.8, 4) is 5.75 Å². The zero-order valence-electron chi connectivity index (χ0n) is 15.1. The van der Waals surface area contributed by atoms with E-state index in [1.54, 1.807) is 12.1 Å². The maximum Gasteiger partial charge on any atom is 0.261 e. The summed E-state index contributed by atoms with van der Waals surface area (Å²) in [6.45, 7) is 3.52. The molecule has 1 saturated carbocycles. The van der Waals surface area contributed by atoms with Crippen LogP contribution in [0.5, 0.6) is 5.75 Å². The number of halogens is 1. The van der Waals surface area contributed by atoms with Crippen molar-refractivity contribution in [2.24, 2.45) is 5.92 Å². The third-order valence-electron chi connectivity index (χ3n) is 4.81. The molecule has 0 spiro atoms. The highest BCUT2D eigenvalue weighted by Crippen LogP contribution is 2.33.